The van der Waals surface area contributed by atoms with Gasteiger partial charge in [0.1, 0.15) is 5.15 Å². The topological polar surface area (TPSA) is 58.0 Å². The van der Waals surface area contributed by atoms with Gasteiger partial charge in [0.25, 0.3) is 0 Å². The number of pyridine rings is 2. The van der Waals surface area contributed by atoms with Crippen molar-refractivity contribution in [2.24, 2.45) is 0 Å². The number of alkyl halides is 3. The van der Waals surface area contributed by atoms with E-state index in [1.165, 1.54) is 18.3 Å². The Morgan fingerprint density at radius 3 is 2.33 bits per heavy atom. The second kappa shape index (κ2) is 6.57. The SMILES string of the molecule is CC(C)Nc1cc(Cl)ncc1-c1ccc(C(C)(O)C(F)(F)F)cn1. The molecule has 1 atom stereocenters. The Kier molecular flexibility index (Phi) is 5.05. The van der Waals surface area contributed by atoms with Crippen LogP contribution in [0.15, 0.2) is 30.6 Å². The summed E-state index contributed by atoms with van der Waals surface area (Å²) in [5, 5.41) is 13.2. The summed E-state index contributed by atoms with van der Waals surface area (Å²) in [6, 6.07) is 4.35. The van der Waals surface area contributed by atoms with Crippen molar-refractivity contribution in [3.8, 4) is 11.3 Å². The van der Waals surface area contributed by atoms with Gasteiger partial charge in [-0.15, -0.1) is 0 Å². The van der Waals surface area contributed by atoms with E-state index < -0.39 is 11.8 Å². The highest BCUT2D eigenvalue weighted by molar-refractivity contribution is 6.29. The standard InChI is InChI=1S/C16H17ClF3N3O/c1-9(2)23-13-6-14(17)22-8-11(13)12-5-4-10(7-21-12)15(3,24)16(18,19)20/h4-9,24H,1-3H3,(H,22,23). The molecule has 0 amide bonds. The number of nitrogens with zero attached hydrogens (tertiary/aromatic N) is 2. The fourth-order valence-electron chi connectivity index (χ4n) is 2.07. The van der Waals surface area contributed by atoms with Crippen LogP contribution in [-0.2, 0) is 5.60 Å². The van der Waals surface area contributed by atoms with E-state index in [1.54, 1.807) is 6.07 Å². The van der Waals surface area contributed by atoms with Crippen molar-refractivity contribution in [3.63, 3.8) is 0 Å². The number of halogens is 4. The fourth-order valence-corrected chi connectivity index (χ4v) is 2.23. The third-order valence-electron chi connectivity index (χ3n) is 3.47. The van der Waals surface area contributed by atoms with Crippen LogP contribution in [0.5, 0.6) is 0 Å². The maximum absolute atomic E-state index is 12.9. The number of hydrogen-bond acceptors (Lipinski definition) is 4. The van der Waals surface area contributed by atoms with Crippen LogP contribution in [-0.4, -0.2) is 27.3 Å². The minimum absolute atomic E-state index is 0.118. The Bertz CT molecular complexity index is 715. The quantitative estimate of drug-likeness (QED) is 0.795. The lowest BCUT2D eigenvalue weighted by atomic mass is 9.96. The lowest BCUT2D eigenvalue weighted by Crippen LogP contribution is -2.39. The summed E-state index contributed by atoms with van der Waals surface area (Å²) in [7, 11) is 0. The molecule has 0 bridgehead atoms. The summed E-state index contributed by atoms with van der Waals surface area (Å²) < 4.78 is 38.6. The molecule has 0 saturated carbocycles. The lowest BCUT2D eigenvalue weighted by Gasteiger charge is -2.26. The highest BCUT2D eigenvalue weighted by Crippen LogP contribution is 2.38. The fraction of sp³-hybridized carbons (Fsp3) is 0.375. The molecular formula is C16H17ClF3N3O. The van der Waals surface area contributed by atoms with Crippen LogP contribution in [0.4, 0.5) is 18.9 Å². The first kappa shape index (κ1) is 18.5. The normalized spacial score (nSPS) is 14.5. The van der Waals surface area contributed by atoms with Gasteiger partial charge >= 0.3 is 6.18 Å². The largest absolute Gasteiger partial charge is 0.421 e. The molecule has 2 aromatic rings. The Morgan fingerprint density at radius 2 is 1.83 bits per heavy atom. The Hall–Kier alpha value is -1.86. The van der Waals surface area contributed by atoms with Crippen LogP contribution in [0.3, 0.4) is 0 Å². The van der Waals surface area contributed by atoms with E-state index in [0.29, 0.717) is 29.0 Å². The zero-order valence-electron chi connectivity index (χ0n) is 13.3. The number of aromatic nitrogens is 2. The molecule has 4 nitrogen and oxygen atoms in total. The van der Waals surface area contributed by atoms with E-state index in [0.717, 1.165) is 6.20 Å². The molecule has 0 aromatic carbocycles. The van der Waals surface area contributed by atoms with Crippen molar-refractivity contribution >= 4 is 17.3 Å². The van der Waals surface area contributed by atoms with Crippen molar-refractivity contribution in [2.45, 2.75) is 38.6 Å². The molecule has 130 valence electrons. The van der Waals surface area contributed by atoms with Crippen molar-refractivity contribution in [1.29, 1.82) is 0 Å². The van der Waals surface area contributed by atoms with Crippen molar-refractivity contribution in [2.75, 3.05) is 5.32 Å². The van der Waals surface area contributed by atoms with Gasteiger partial charge in [0.2, 0.25) is 0 Å². The van der Waals surface area contributed by atoms with Gasteiger partial charge in [-0.3, -0.25) is 4.98 Å². The predicted molar refractivity (Wildman–Crippen MR) is 86.9 cm³/mol. The number of aliphatic hydroxyl groups is 1. The molecular weight excluding hydrogens is 343 g/mol. The van der Waals surface area contributed by atoms with Crippen LogP contribution in [0.2, 0.25) is 5.15 Å². The second-order valence-electron chi connectivity index (χ2n) is 5.85. The zero-order chi connectivity index (χ0) is 18.1. The molecule has 0 aliphatic carbocycles. The van der Waals surface area contributed by atoms with E-state index in [-0.39, 0.29) is 11.6 Å². The Balaban J connectivity index is 2.42. The first-order valence-corrected chi connectivity index (χ1v) is 7.58. The molecule has 0 radical (unpaired) electrons. The number of anilines is 1. The first-order chi connectivity index (χ1) is 11.0. The van der Waals surface area contributed by atoms with Crippen LogP contribution in [0.25, 0.3) is 11.3 Å². The average molecular weight is 360 g/mol. The number of rotatable bonds is 4. The lowest BCUT2D eigenvalue weighted by molar-refractivity contribution is -0.259. The molecule has 1 unspecified atom stereocenters. The molecule has 0 aliphatic rings. The smallest absolute Gasteiger partial charge is 0.382 e. The van der Waals surface area contributed by atoms with Gasteiger partial charge in [-0.25, -0.2) is 4.98 Å². The molecule has 2 rings (SSSR count). The maximum Gasteiger partial charge on any atom is 0.421 e. The number of hydrogen-bond donors (Lipinski definition) is 2. The van der Waals surface area contributed by atoms with Gasteiger partial charge in [0.15, 0.2) is 5.60 Å². The molecule has 24 heavy (non-hydrogen) atoms. The van der Waals surface area contributed by atoms with Gasteiger partial charge in [-0.2, -0.15) is 13.2 Å². The Labute approximate surface area is 142 Å². The average Bonchev–Trinajstić information content (AvgIpc) is 2.46. The zero-order valence-corrected chi connectivity index (χ0v) is 14.1. The number of nitrogens with one attached hydrogen (secondary N) is 1. The van der Waals surface area contributed by atoms with E-state index >= 15 is 0 Å². The van der Waals surface area contributed by atoms with Crippen LogP contribution >= 0.6 is 11.6 Å². The van der Waals surface area contributed by atoms with Gasteiger partial charge in [0.05, 0.1) is 5.69 Å². The van der Waals surface area contributed by atoms with E-state index in [2.05, 4.69) is 15.3 Å². The van der Waals surface area contributed by atoms with E-state index in [9.17, 15) is 18.3 Å². The minimum Gasteiger partial charge on any atom is -0.382 e. The summed E-state index contributed by atoms with van der Waals surface area (Å²) in [4.78, 5) is 8.03. The van der Waals surface area contributed by atoms with Gasteiger partial charge < -0.3 is 10.4 Å². The summed E-state index contributed by atoms with van der Waals surface area (Å²) >= 11 is 5.89. The van der Waals surface area contributed by atoms with Crippen molar-refractivity contribution in [1.82, 2.24) is 9.97 Å². The highest BCUT2D eigenvalue weighted by atomic mass is 35.5. The highest BCUT2D eigenvalue weighted by Gasteiger charge is 2.51. The maximum atomic E-state index is 12.9. The minimum atomic E-state index is -4.79. The van der Waals surface area contributed by atoms with E-state index in [1.807, 2.05) is 13.8 Å². The van der Waals surface area contributed by atoms with E-state index in [4.69, 9.17) is 11.6 Å². The monoisotopic (exact) mass is 359 g/mol. The third kappa shape index (κ3) is 3.79. The Morgan fingerprint density at radius 1 is 1.17 bits per heavy atom. The molecule has 0 spiro atoms. The van der Waals surface area contributed by atoms with Gasteiger partial charge in [-0.1, -0.05) is 17.7 Å². The van der Waals surface area contributed by atoms with Crippen molar-refractivity contribution < 1.29 is 18.3 Å². The molecule has 2 aromatic heterocycles. The van der Waals surface area contributed by atoms with Gasteiger partial charge in [-0.05, 0) is 32.9 Å². The summed E-state index contributed by atoms with van der Waals surface area (Å²) in [5.41, 5.74) is -1.60. The van der Waals surface area contributed by atoms with Crippen LogP contribution in [0.1, 0.15) is 26.3 Å². The molecule has 0 saturated heterocycles. The molecule has 2 N–H and O–H groups in total. The van der Waals surface area contributed by atoms with Gasteiger partial charge in [0, 0.05) is 35.2 Å². The second-order valence-corrected chi connectivity index (χ2v) is 6.24. The summed E-state index contributed by atoms with van der Waals surface area (Å²) in [6.07, 6.45) is -2.28. The summed E-state index contributed by atoms with van der Waals surface area (Å²) in [6.45, 7) is 4.57. The van der Waals surface area contributed by atoms with Crippen LogP contribution < -0.4 is 5.32 Å². The molecule has 8 heteroatoms. The third-order valence-corrected chi connectivity index (χ3v) is 3.67. The molecule has 0 aliphatic heterocycles. The molecule has 0 fully saturated rings. The first-order valence-electron chi connectivity index (χ1n) is 7.20. The summed E-state index contributed by atoms with van der Waals surface area (Å²) in [5.74, 6) is 0. The predicted octanol–water partition coefficient (Wildman–Crippen LogP) is 4.39. The molecule has 2 heterocycles. The van der Waals surface area contributed by atoms with Crippen molar-refractivity contribution in [3.05, 3.63) is 41.3 Å². The van der Waals surface area contributed by atoms with Crippen LogP contribution in [0, 0.1) is 0 Å².